The summed E-state index contributed by atoms with van der Waals surface area (Å²) in [5.74, 6) is -3.81. The lowest BCUT2D eigenvalue weighted by Gasteiger charge is -1.96. The van der Waals surface area contributed by atoms with Crippen molar-refractivity contribution in [2.24, 2.45) is 0 Å². The summed E-state index contributed by atoms with van der Waals surface area (Å²) in [7, 11) is 0. The number of hydrogen-bond acceptors (Lipinski definition) is 0. The standard InChI is InChI=1S/6C8H9F.2C7H6F2.3C7H7F/c2*1-6-3-4-8(9)5-7(6)2;2*1-6-3-4-8(9)7(2)5-6;2*1-6-3-4-7(2)8(9)5-6;1-5-2-3-6(8)4-7(5)9;1-5-3-2-4-6(8)7(5)9;1-6-2-4-7(8)5-3-6;1-6-3-2-4-7(8)5-6;1-6-4-2-3-5-7(6)8/h6*3-5H,1-2H3;2*2-4H,1H3;3*2-5H,1H3. The molecule has 0 radical (unpaired) electrons. The fourth-order valence-electron chi connectivity index (χ4n) is 7.26. The maximum atomic E-state index is 12.6. The van der Waals surface area contributed by atoms with Crippen LogP contribution in [0.25, 0.3) is 0 Å². The number of aryl methyl sites for hydroxylation is 17. The molecule has 0 bridgehead atoms. The highest BCUT2D eigenvalue weighted by atomic mass is 19.2. The summed E-state index contributed by atoms with van der Waals surface area (Å²) in [6.45, 7) is 31.1. The topological polar surface area (TPSA) is 0 Å². The molecule has 0 heterocycles. The van der Waals surface area contributed by atoms with Crippen molar-refractivity contribution >= 4 is 0 Å². The van der Waals surface area contributed by atoms with E-state index in [1.165, 1.54) is 110 Å². The first-order valence-electron chi connectivity index (χ1n) is 30.3. The second-order valence-corrected chi connectivity index (χ2v) is 22.6. The van der Waals surface area contributed by atoms with E-state index in [-0.39, 0.29) is 52.4 Å². The molecule has 0 atom stereocenters. The summed E-state index contributed by atoms with van der Waals surface area (Å²) in [6.07, 6.45) is 0. The van der Waals surface area contributed by atoms with Gasteiger partial charge in [0.15, 0.2) is 11.6 Å². The summed E-state index contributed by atoms with van der Waals surface area (Å²) in [5.41, 5.74) is 14.9. The second-order valence-electron chi connectivity index (χ2n) is 22.6. The van der Waals surface area contributed by atoms with Crippen molar-refractivity contribution < 1.29 is 57.1 Å². The Morgan fingerprint density at radius 2 is 0.438 bits per heavy atom. The zero-order chi connectivity index (χ0) is 72.8. The molecule has 13 heteroatoms. The van der Waals surface area contributed by atoms with Crippen molar-refractivity contribution in [1.29, 1.82) is 0 Å². The molecule has 0 aliphatic carbocycles. The minimum absolute atomic E-state index is 0.116. The third-order valence-electron chi connectivity index (χ3n) is 13.6. The molecule has 0 nitrogen and oxygen atoms in total. The molecular formula is C83H87F13. The second kappa shape index (κ2) is 45.0. The van der Waals surface area contributed by atoms with E-state index in [1.807, 2.05) is 106 Å². The van der Waals surface area contributed by atoms with Crippen LogP contribution in [-0.2, 0) is 0 Å². The molecule has 11 aromatic carbocycles. The van der Waals surface area contributed by atoms with Crippen molar-refractivity contribution in [2.75, 3.05) is 0 Å². The Kier molecular flexibility index (Phi) is 39.6. The van der Waals surface area contributed by atoms with E-state index in [0.29, 0.717) is 27.8 Å². The zero-order valence-electron chi connectivity index (χ0n) is 57.7. The van der Waals surface area contributed by atoms with E-state index in [4.69, 9.17) is 0 Å². The average Bonchev–Trinajstić information content (AvgIpc) is 1.88. The molecule has 0 aliphatic heterocycles. The number of rotatable bonds is 0. The molecule has 0 unspecified atom stereocenters. The van der Waals surface area contributed by atoms with Crippen LogP contribution in [0.1, 0.15) is 94.6 Å². The number of benzene rings is 11. The van der Waals surface area contributed by atoms with Crippen LogP contribution in [0.3, 0.4) is 0 Å². The van der Waals surface area contributed by atoms with Gasteiger partial charge in [0.25, 0.3) is 0 Å². The first kappa shape index (κ1) is 84.5. The van der Waals surface area contributed by atoms with E-state index >= 15 is 0 Å². The fraction of sp³-hybridized carbons (Fsp3) is 0.205. The largest absolute Gasteiger partial charge is 0.207 e. The number of hydrogen-bond donors (Lipinski definition) is 0. The minimum Gasteiger partial charge on any atom is -0.207 e. The van der Waals surface area contributed by atoms with Gasteiger partial charge in [0.1, 0.15) is 64.0 Å². The molecule has 0 spiro atoms. The van der Waals surface area contributed by atoms with Crippen molar-refractivity contribution in [3.63, 3.8) is 0 Å². The van der Waals surface area contributed by atoms with Gasteiger partial charge in [-0.1, -0.05) is 138 Å². The Morgan fingerprint density at radius 3 is 0.719 bits per heavy atom. The molecule has 11 aromatic rings. The van der Waals surface area contributed by atoms with Crippen LogP contribution >= 0.6 is 0 Å². The summed E-state index contributed by atoms with van der Waals surface area (Å²) in [6, 6.07) is 57.4. The third kappa shape index (κ3) is 36.8. The zero-order valence-corrected chi connectivity index (χ0v) is 57.7. The smallest absolute Gasteiger partial charge is 0.161 e. The van der Waals surface area contributed by atoms with Gasteiger partial charge >= 0.3 is 0 Å². The summed E-state index contributed by atoms with van der Waals surface area (Å²) in [5, 5.41) is 0. The molecule has 0 saturated carbocycles. The highest BCUT2D eigenvalue weighted by Crippen LogP contribution is 2.14. The van der Waals surface area contributed by atoms with Gasteiger partial charge in [-0.2, -0.15) is 0 Å². The van der Waals surface area contributed by atoms with E-state index in [0.717, 1.165) is 78.9 Å². The summed E-state index contributed by atoms with van der Waals surface area (Å²) < 4.78 is 160. The van der Waals surface area contributed by atoms with E-state index in [9.17, 15) is 57.1 Å². The van der Waals surface area contributed by atoms with Crippen LogP contribution < -0.4 is 0 Å². The monoisotopic (exact) mass is 1330 g/mol. The highest BCUT2D eigenvalue weighted by Gasteiger charge is 2.02. The SMILES string of the molecule is Cc1ccc(C)c(F)c1.Cc1ccc(C)c(F)c1.Cc1ccc(F)c(C)c1.Cc1ccc(F)c(C)c1.Cc1ccc(F)cc1.Cc1ccc(F)cc1C.Cc1ccc(F)cc1C.Cc1ccc(F)cc1F.Cc1cccc(F)c1.Cc1cccc(F)c1F.Cc1ccccc1F. The lowest BCUT2D eigenvalue weighted by molar-refractivity contribution is 0.503. The first-order chi connectivity index (χ1) is 45.0. The Bertz CT molecular complexity index is 3510. The first-order valence-corrected chi connectivity index (χ1v) is 30.3. The van der Waals surface area contributed by atoms with Crippen LogP contribution in [0.15, 0.2) is 218 Å². The molecule has 0 amide bonds. The lowest BCUT2D eigenvalue weighted by atomic mass is 10.1. The Labute approximate surface area is 560 Å². The Hall–Kier alpha value is -9.49. The molecule has 0 saturated heterocycles. The normalized spacial score (nSPS) is 9.56. The summed E-state index contributed by atoms with van der Waals surface area (Å²) >= 11 is 0. The predicted octanol–water partition coefficient (Wildman–Crippen LogP) is 25.6. The maximum absolute atomic E-state index is 12.6. The lowest BCUT2D eigenvalue weighted by Crippen LogP contribution is -1.85. The van der Waals surface area contributed by atoms with Gasteiger partial charge in [-0.3, -0.25) is 0 Å². The molecule has 11 rings (SSSR count). The van der Waals surface area contributed by atoms with Crippen LogP contribution in [0.5, 0.6) is 0 Å². The van der Waals surface area contributed by atoms with Gasteiger partial charge in [0, 0.05) is 6.07 Å². The van der Waals surface area contributed by atoms with Crippen molar-refractivity contribution in [3.05, 3.63) is 389 Å². The van der Waals surface area contributed by atoms with Crippen LogP contribution in [0, 0.1) is 193 Å². The maximum Gasteiger partial charge on any atom is 0.161 e. The van der Waals surface area contributed by atoms with E-state index < -0.39 is 23.3 Å². The third-order valence-corrected chi connectivity index (χ3v) is 13.6. The van der Waals surface area contributed by atoms with Gasteiger partial charge < -0.3 is 0 Å². The van der Waals surface area contributed by atoms with Gasteiger partial charge in [0.2, 0.25) is 0 Å². The Morgan fingerprint density at radius 1 is 0.146 bits per heavy atom. The quantitative estimate of drug-likeness (QED) is 0.133. The van der Waals surface area contributed by atoms with Gasteiger partial charge in [-0.15, -0.1) is 0 Å². The van der Waals surface area contributed by atoms with Crippen LogP contribution in [0.2, 0.25) is 0 Å². The fourth-order valence-corrected chi connectivity index (χ4v) is 7.26. The van der Waals surface area contributed by atoms with E-state index in [2.05, 4.69) is 0 Å². The average molecular weight is 1330 g/mol. The molecule has 96 heavy (non-hydrogen) atoms. The van der Waals surface area contributed by atoms with Crippen molar-refractivity contribution in [2.45, 2.75) is 118 Å². The number of halogens is 13. The molecule has 0 N–H and O–H groups in total. The van der Waals surface area contributed by atoms with E-state index in [1.54, 1.807) is 108 Å². The molecular weight excluding hydrogens is 1240 g/mol. The highest BCUT2D eigenvalue weighted by molar-refractivity contribution is 5.28. The van der Waals surface area contributed by atoms with Crippen molar-refractivity contribution in [1.82, 2.24) is 0 Å². The molecule has 510 valence electrons. The van der Waals surface area contributed by atoms with Gasteiger partial charge in [0.05, 0.1) is 0 Å². The summed E-state index contributed by atoms with van der Waals surface area (Å²) in [4.78, 5) is 0. The molecule has 0 aromatic heterocycles. The van der Waals surface area contributed by atoms with Gasteiger partial charge in [-0.05, 0) is 287 Å². The molecule has 0 fully saturated rings. The predicted molar refractivity (Wildman–Crippen MR) is 371 cm³/mol. The van der Waals surface area contributed by atoms with Crippen molar-refractivity contribution in [3.8, 4) is 0 Å². The minimum atomic E-state index is -0.782. The van der Waals surface area contributed by atoms with Gasteiger partial charge in [-0.25, -0.2) is 57.1 Å². The van der Waals surface area contributed by atoms with Crippen LogP contribution in [-0.4, -0.2) is 0 Å². The van der Waals surface area contributed by atoms with Crippen LogP contribution in [0.4, 0.5) is 57.1 Å². The molecule has 0 aliphatic rings. The Balaban J connectivity index is 0.000000528.